The predicted octanol–water partition coefficient (Wildman–Crippen LogP) is 4.84. The van der Waals surface area contributed by atoms with E-state index < -0.39 is 12.0 Å². The molecule has 0 radical (unpaired) electrons. The molecule has 0 aromatic heterocycles. The van der Waals surface area contributed by atoms with Crippen molar-refractivity contribution in [2.24, 2.45) is 5.92 Å². The number of halogens is 4. The second kappa shape index (κ2) is 7.12. The van der Waals surface area contributed by atoms with Crippen LogP contribution in [0.3, 0.4) is 0 Å². The summed E-state index contributed by atoms with van der Waals surface area (Å²) >= 11 is 24.8. The zero-order chi connectivity index (χ0) is 20.4. The van der Waals surface area contributed by atoms with Gasteiger partial charge in [0.25, 0.3) is 5.91 Å². The van der Waals surface area contributed by atoms with Crippen LogP contribution in [0.15, 0.2) is 36.4 Å². The molecule has 150 valence electrons. The van der Waals surface area contributed by atoms with Gasteiger partial charge in [-0.25, -0.2) is 14.9 Å². The third kappa shape index (κ3) is 2.99. The van der Waals surface area contributed by atoms with E-state index in [2.05, 4.69) is 5.01 Å². The number of carbonyl (C=O) groups excluding carboxylic acids is 2. The lowest BCUT2D eigenvalue weighted by molar-refractivity contribution is -0.126. The summed E-state index contributed by atoms with van der Waals surface area (Å²) in [5, 5.41) is 5.85. The Labute approximate surface area is 187 Å². The maximum atomic E-state index is 13.5. The van der Waals surface area contributed by atoms with E-state index in [9.17, 15) is 9.59 Å². The van der Waals surface area contributed by atoms with Crippen molar-refractivity contribution in [3.05, 3.63) is 62.1 Å². The van der Waals surface area contributed by atoms with Crippen molar-refractivity contribution in [1.82, 2.24) is 10.0 Å². The quantitative estimate of drug-likeness (QED) is 0.589. The molecule has 3 atom stereocenters. The number of amides is 2. The first-order valence-corrected chi connectivity index (χ1v) is 10.7. The summed E-state index contributed by atoms with van der Waals surface area (Å²) < 4.78 is 0. The normalized spacial score (nSPS) is 27.0. The van der Waals surface area contributed by atoms with Crippen LogP contribution in [0.25, 0.3) is 0 Å². The highest BCUT2D eigenvalue weighted by Crippen LogP contribution is 2.50. The summed E-state index contributed by atoms with van der Waals surface area (Å²) in [5.74, 6) is -1.11. The number of fused-ring (bicyclic) bond motifs is 3. The molecule has 3 heterocycles. The van der Waals surface area contributed by atoms with Crippen LogP contribution in [0.4, 0.5) is 5.69 Å². The van der Waals surface area contributed by atoms with Gasteiger partial charge in [0.2, 0.25) is 5.91 Å². The van der Waals surface area contributed by atoms with Crippen molar-refractivity contribution in [3.8, 4) is 0 Å². The Morgan fingerprint density at radius 2 is 1.41 bits per heavy atom. The topological polar surface area (TPSA) is 43.9 Å². The summed E-state index contributed by atoms with van der Waals surface area (Å²) in [5.41, 5.74) is 1.18. The van der Waals surface area contributed by atoms with Crippen LogP contribution in [0.5, 0.6) is 0 Å². The molecule has 5 nitrogen and oxygen atoms in total. The smallest absolute Gasteiger partial charge is 0.253 e. The number of anilines is 1. The minimum atomic E-state index is -0.570. The van der Waals surface area contributed by atoms with Gasteiger partial charge in [-0.05, 0) is 42.3 Å². The lowest BCUT2D eigenvalue weighted by Gasteiger charge is -2.30. The Balaban J connectivity index is 1.61. The van der Waals surface area contributed by atoms with Crippen LogP contribution in [-0.2, 0) is 9.59 Å². The van der Waals surface area contributed by atoms with Gasteiger partial charge in [-0.3, -0.25) is 9.59 Å². The van der Waals surface area contributed by atoms with Crippen LogP contribution < -0.4 is 4.90 Å². The fourth-order valence-electron chi connectivity index (χ4n) is 4.75. The Morgan fingerprint density at radius 1 is 0.759 bits per heavy atom. The third-order valence-electron chi connectivity index (χ3n) is 5.79. The van der Waals surface area contributed by atoms with E-state index in [-0.39, 0.29) is 17.9 Å². The first-order chi connectivity index (χ1) is 13.9. The van der Waals surface area contributed by atoms with Gasteiger partial charge in [-0.2, -0.15) is 0 Å². The predicted molar refractivity (Wildman–Crippen MR) is 113 cm³/mol. The molecular formula is C20H15Cl4N3O2. The zero-order valence-electron chi connectivity index (χ0n) is 15.0. The van der Waals surface area contributed by atoms with Crippen LogP contribution in [0.2, 0.25) is 20.1 Å². The highest BCUT2D eigenvalue weighted by Gasteiger charge is 2.63. The molecule has 0 spiro atoms. The van der Waals surface area contributed by atoms with Gasteiger partial charge in [0.1, 0.15) is 6.04 Å². The second-order valence-corrected chi connectivity index (χ2v) is 9.12. The molecule has 2 amide bonds. The molecule has 9 heteroatoms. The molecule has 29 heavy (non-hydrogen) atoms. The Kier molecular flexibility index (Phi) is 4.81. The van der Waals surface area contributed by atoms with Gasteiger partial charge in [-0.1, -0.05) is 52.5 Å². The van der Waals surface area contributed by atoms with Crippen LogP contribution >= 0.6 is 46.4 Å². The lowest BCUT2D eigenvalue weighted by Crippen LogP contribution is -2.44. The van der Waals surface area contributed by atoms with Gasteiger partial charge < -0.3 is 0 Å². The average molecular weight is 471 g/mol. The molecule has 3 aliphatic heterocycles. The molecule has 0 bridgehead atoms. The highest BCUT2D eigenvalue weighted by molar-refractivity contribution is 6.36. The molecule has 3 fully saturated rings. The van der Waals surface area contributed by atoms with E-state index in [1.807, 2.05) is 11.1 Å². The van der Waals surface area contributed by atoms with Crippen molar-refractivity contribution >= 4 is 63.9 Å². The van der Waals surface area contributed by atoms with E-state index in [4.69, 9.17) is 46.4 Å². The van der Waals surface area contributed by atoms with E-state index in [1.54, 1.807) is 30.3 Å². The lowest BCUT2D eigenvalue weighted by atomic mass is 9.90. The average Bonchev–Trinajstić information content (AvgIpc) is 3.27. The number of rotatable bonds is 2. The number of hydrogen-bond acceptors (Lipinski definition) is 4. The van der Waals surface area contributed by atoms with Crippen LogP contribution in [-0.4, -0.2) is 41.0 Å². The Morgan fingerprint density at radius 3 is 2.07 bits per heavy atom. The van der Waals surface area contributed by atoms with Crippen molar-refractivity contribution in [3.63, 3.8) is 0 Å². The van der Waals surface area contributed by atoms with Crippen LogP contribution in [0.1, 0.15) is 18.0 Å². The highest BCUT2D eigenvalue weighted by atomic mass is 35.5. The summed E-state index contributed by atoms with van der Waals surface area (Å²) in [6, 6.07) is 9.09. The fraction of sp³-hybridized carbons (Fsp3) is 0.300. The largest absolute Gasteiger partial charge is 0.274 e. The summed E-state index contributed by atoms with van der Waals surface area (Å²) in [6.45, 7) is 1.48. The molecule has 5 rings (SSSR count). The molecule has 0 unspecified atom stereocenters. The molecule has 0 aliphatic carbocycles. The number of hydrogen-bond donors (Lipinski definition) is 0. The van der Waals surface area contributed by atoms with E-state index >= 15 is 0 Å². The SMILES string of the molecule is O=C1[C@@H]2[C@@H](C(=O)N1c1cc(Cl)cc(Cl)c1)N1CCCN1[C@H]2c1ccc(Cl)cc1Cl. The third-order valence-corrected chi connectivity index (χ3v) is 6.79. The van der Waals surface area contributed by atoms with Gasteiger partial charge in [0.05, 0.1) is 17.6 Å². The van der Waals surface area contributed by atoms with E-state index in [1.165, 1.54) is 4.90 Å². The zero-order valence-corrected chi connectivity index (χ0v) is 18.0. The minimum absolute atomic E-state index is 0.266. The van der Waals surface area contributed by atoms with Crippen molar-refractivity contribution in [2.45, 2.75) is 18.5 Å². The maximum Gasteiger partial charge on any atom is 0.253 e. The summed E-state index contributed by atoms with van der Waals surface area (Å²) in [4.78, 5) is 28.1. The van der Waals surface area contributed by atoms with Crippen LogP contribution in [0, 0.1) is 5.92 Å². The Hall–Kier alpha value is -1.34. The molecule has 0 saturated carbocycles. The first kappa shape index (κ1) is 19.6. The number of hydrazine groups is 1. The molecule has 2 aromatic rings. The van der Waals surface area contributed by atoms with Gasteiger partial charge in [-0.15, -0.1) is 0 Å². The van der Waals surface area contributed by atoms with E-state index in [0.29, 0.717) is 32.3 Å². The minimum Gasteiger partial charge on any atom is -0.274 e. The number of nitrogens with zero attached hydrogens (tertiary/aromatic N) is 3. The monoisotopic (exact) mass is 469 g/mol. The number of carbonyl (C=O) groups is 2. The fourth-order valence-corrected chi connectivity index (χ4v) is 5.79. The maximum absolute atomic E-state index is 13.5. The summed E-state index contributed by atoms with van der Waals surface area (Å²) in [7, 11) is 0. The molecule has 2 aromatic carbocycles. The summed E-state index contributed by atoms with van der Waals surface area (Å²) in [6.07, 6.45) is 0.912. The molecular weight excluding hydrogens is 456 g/mol. The van der Waals surface area contributed by atoms with E-state index in [0.717, 1.165) is 18.5 Å². The molecule has 3 saturated heterocycles. The number of benzene rings is 2. The van der Waals surface area contributed by atoms with Crippen molar-refractivity contribution in [2.75, 3.05) is 18.0 Å². The first-order valence-electron chi connectivity index (χ1n) is 9.19. The van der Waals surface area contributed by atoms with Crippen molar-refractivity contribution in [1.29, 1.82) is 0 Å². The second-order valence-electron chi connectivity index (χ2n) is 7.40. The van der Waals surface area contributed by atoms with Crippen molar-refractivity contribution < 1.29 is 9.59 Å². The van der Waals surface area contributed by atoms with Gasteiger partial charge >= 0.3 is 0 Å². The van der Waals surface area contributed by atoms with Gasteiger partial charge in [0, 0.05) is 33.2 Å². The number of imide groups is 1. The Bertz CT molecular complexity index is 1030. The van der Waals surface area contributed by atoms with Gasteiger partial charge in [0.15, 0.2) is 0 Å². The molecule has 3 aliphatic rings. The standard InChI is InChI=1S/C20H15Cl4N3O2/c21-10-2-3-14(15(24)9-10)17-16-18(26-5-1-4-25(17)26)20(29)27(19(16)28)13-7-11(22)6-12(23)8-13/h2-3,6-9,16-18H,1,4-5H2/t16-,17-,18-/m0/s1. The molecule has 0 N–H and O–H groups in total.